The summed E-state index contributed by atoms with van der Waals surface area (Å²) in [6.45, 7) is 9.81. The molecule has 0 unspecified atom stereocenters. The van der Waals surface area contributed by atoms with Crippen LogP contribution in [0.2, 0.25) is 0 Å². The van der Waals surface area contributed by atoms with Crippen molar-refractivity contribution in [1.82, 2.24) is 14.5 Å². The lowest BCUT2D eigenvalue weighted by atomic mass is 10.0. The highest BCUT2D eigenvalue weighted by molar-refractivity contribution is 7.89. The molecule has 1 aromatic rings. The number of aromatic nitrogens is 2. The quantitative estimate of drug-likeness (QED) is 0.765. The van der Waals surface area contributed by atoms with Crippen LogP contribution in [0.5, 0.6) is 0 Å². The summed E-state index contributed by atoms with van der Waals surface area (Å²) in [5.41, 5.74) is 0.616. The molecule has 0 bridgehead atoms. The summed E-state index contributed by atoms with van der Waals surface area (Å²) in [6, 6.07) is 0. The molecule has 0 spiro atoms. The zero-order valence-corrected chi connectivity index (χ0v) is 14.4. The van der Waals surface area contributed by atoms with Gasteiger partial charge in [-0.3, -0.25) is 4.68 Å². The first-order valence-electron chi connectivity index (χ1n) is 7.33. The molecule has 0 atom stereocenters. The molecular weight excluding hydrogens is 290 g/mol. The van der Waals surface area contributed by atoms with E-state index in [-0.39, 0.29) is 11.5 Å². The Morgan fingerprint density at radius 1 is 1.33 bits per heavy atom. The molecule has 1 rings (SSSR count). The number of hydrogen-bond donors (Lipinski definition) is 2. The van der Waals surface area contributed by atoms with E-state index in [9.17, 15) is 8.42 Å². The van der Waals surface area contributed by atoms with Crippen LogP contribution >= 0.6 is 0 Å². The van der Waals surface area contributed by atoms with E-state index in [0.717, 1.165) is 12.8 Å². The maximum atomic E-state index is 12.6. The van der Waals surface area contributed by atoms with Crippen molar-refractivity contribution in [3.8, 4) is 0 Å². The van der Waals surface area contributed by atoms with E-state index in [1.54, 1.807) is 18.5 Å². The highest BCUT2D eigenvalue weighted by Crippen LogP contribution is 2.22. The van der Waals surface area contributed by atoms with Crippen molar-refractivity contribution < 1.29 is 13.5 Å². The third kappa shape index (κ3) is 4.52. The molecule has 1 aromatic heterocycles. The molecule has 122 valence electrons. The Morgan fingerprint density at radius 2 is 1.95 bits per heavy atom. The molecule has 6 nitrogen and oxygen atoms in total. The second-order valence-electron chi connectivity index (χ2n) is 6.04. The van der Waals surface area contributed by atoms with Gasteiger partial charge in [0.1, 0.15) is 4.90 Å². The van der Waals surface area contributed by atoms with E-state index in [1.807, 2.05) is 20.8 Å². The van der Waals surface area contributed by atoms with Crippen LogP contribution in [-0.4, -0.2) is 35.5 Å². The van der Waals surface area contributed by atoms with Crippen molar-refractivity contribution in [1.29, 1.82) is 0 Å². The Balaban J connectivity index is 3.11. The summed E-state index contributed by atoms with van der Waals surface area (Å²) in [7, 11) is -3.60. The van der Waals surface area contributed by atoms with Crippen LogP contribution in [0.4, 0.5) is 0 Å². The summed E-state index contributed by atoms with van der Waals surface area (Å²) in [5, 5.41) is 13.2. The molecule has 1 heterocycles. The minimum atomic E-state index is -3.60. The lowest BCUT2D eigenvalue weighted by Gasteiger charge is -2.25. The van der Waals surface area contributed by atoms with Gasteiger partial charge < -0.3 is 5.11 Å². The first kappa shape index (κ1) is 18.1. The van der Waals surface area contributed by atoms with E-state index >= 15 is 0 Å². The molecule has 0 aromatic carbocycles. The monoisotopic (exact) mass is 317 g/mol. The van der Waals surface area contributed by atoms with Crippen molar-refractivity contribution in [2.45, 2.75) is 70.9 Å². The molecule has 0 saturated carbocycles. The van der Waals surface area contributed by atoms with Gasteiger partial charge in [-0.1, -0.05) is 13.3 Å². The van der Waals surface area contributed by atoms with E-state index < -0.39 is 15.6 Å². The van der Waals surface area contributed by atoms with Crippen LogP contribution in [0, 0.1) is 13.8 Å². The highest BCUT2D eigenvalue weighted by Gasteiger charge is 2.30. The normalized spacial score (nSPS) is 12.9. The van der Waals surface area contributed by atoms with Crippen molar-refractivity contribution in [2.24, 2.45) is 0 Å². The van der Waals surface area contributed by atoms with Gasteiger partial charge >= 0.3 is 0 Å². The van der Waals surface area contributed by atoms with Crippen LogP contribution in [0.1, 0.15) is 51.4 Å². The molecule has 21 heavy (non-hydrogen) atoms. The molecule has 0 saturated heterocycles. The molecule has 0 fully saturated rings. The number of aryl methyl sites for hydroxylation is 2. The fraction of sp³-hybridized carbons (Fsp3) is 0.786. The SMILES string of the molecule is CCCC(C)(C)NS(=O)(=O)c1c(C)nn(CCCO)c1C. The summed E-state index contributed by atoms with van der Waals surface area (Å²) in [5.74, 6) is 0. The third-order valence-corrected chi connectivity index (χ3v) is 5.35. The third-order valence-electron chi connectivity index (χ3n) is 3.40. The van der Waals surface area contributed by atoms with Crippen molar-refractivity contribution in [3.05, 3.63) is 11.4 Å². The number of rotatable bonds is 8. The minimum Gasteiger partial charge on any atom is -0.396 e. The Labute approximate surface area is 127 Å². The minimum absolute atomic E-state index is 0.0578. The Morgan fingerprint density at radius 3 is 2.48 bits per heavy atom. The van der Waals surface area contributed by atoms with E-state index in [2.05, 4.69) is 9.82 Å². The molecule has 2 N–H and O–H groups in total. The second kappa shape index (κ2) is 6.89. The summed E-state index contributed by atoms with van der Waals surface area (Å²) in [4.78, 5) is 0.254. The molecular formula is C14H27N3O3S. The standard InChI is InChI=1S/C14H27N3O3S/c1-6-8-14(4,5)16-21(19,20)13-11(2)15-17(12(13)3)9-7-10-18/h16,18H,6-10H2,1-5H3. The summed E-state index contributed by atoms with van der Waals surface area (Å²) >= 11 is 0. The Bertz CT molecular complexity index is 577. The number of hydrogen-bond acceptors (Lipinski definition) is 4. The Hall–Kier alpha value is -0.920. The average Bonchev–Trinajstić information content (AvgIpc) is 2.60. The smallest absolute Gasteiger partial charge is 0.244 e. The van der Waals surface area contributed by atoms with Gasteiger partial charge in [-0.25, -0.2) is 13.1 Å². The Kier molecular flexibility index (Phi) is 5.95. The molecule has 0 aliphatic carbocycles. The van der Waals surface area contributed by atoms with Crippen LogP contribution in [-0.2, 0) is 16.6 Å². The summed E-state index contributed by atoms with van der Waals surface area (Å²) < 4.78 is 29.7. The van der Waals surface area contributed by atoms with Gasteiger partial charge in [-0.05, 0) is 40.5 Å². The van der Waals surface area contributed by atoms with Gasteiger partial charge in [0.15, 0.2) is 0 Å². The van der Waals surface area contributed by atoms with Gasteiger partial charge in [-0.15, -0.1) is 0 Å². The van der Waals surface area contributed by atoms with Gasteiger partial charge in [0, 0.05) is 18.7 Å². The van der Waals surface area contributed by atoms with Crippen LogP contribution in [0.15, 0.2) is 4.90 Å². The lowest BCUT2D eigenvalue weighted by molar-refractivity contribution is 0.276. The van der Waals surface area contributed by atoms with Crippen molar-refractivity contribution in [3.63, 3.8) is 0 Å². The average molecular weight is 317 g/mol. The van der Waals surface area contributed by atoms with Gasteiger partial charge in [-0.2, -0.15) is 5.10 Å². The van der Waals surface area contributed by atoms with Crippen LogP contribution in [0.25, 0.3) is 0 Å². The zero-order chi connectivity index (χ0) is 16.3. The number of nitrogens with one attached hydrogen (secondary N) is 1. The fourth-order valence-corrected chi connectivity index (χ4v) is 4.45. The van der Waals surface area contributed by atoms with E-state index in [0.29, 0.717) is 24.4 Å². The van der Waals surface area contributed by atoms with Crippen molar-refractivity contribution in [2.75, 3.05) is 6.61 Å². The molecule has 0 aliphatic heterocycles. The predicted octanol–water partition coefficient (Wildman–Crippen LogP) is 1.74. The largest absolute Gasteiger partial charge is 0.396 e. The lowest BCUT2D eigenvalue weighted by Crippen LogP contribution is -2.43. The van der Waals surface area contributed by atoms with Crippen LogP contribution < -0.4 is 4.72 Å². The number of aliphatic hydroxyl groups is 1. The molecule has 0 amide bonds. The number of nitrogens with zero attached hydrogens (tertiary/aromatic N) is 2. The molecule has 0 aliphatic rings. The summed E-state index contributed by atoms with van der Waals surface area (Å²) in [6.07, 6.45) is 2.22. The van der Waals surface area contributed by atoms with Gasteiger partial charge in [0.25, 0.3) is 0 Å². The van der Waals surface area contributed by atoms with Crippen LogP contribution in [0.3, 0.4) is 0 Å². The number of sulfonamides is 1. The fourth-order valence-electron chi connectivity index (χ4n) is 2.60. The topological polar surface area (TPSA) is 84.2 Å². The van der Waals surface area contributed by atoms with Gasteiger partial charge in [0.05, 0.1) is 11.4 Å². The predicted molar refractivity (Wildman–Crippen MR) is 82.7 cm³/mol. The highest BCUT2D eigenvalue weighted by atomic mass is 32.2. The van der Waals surface area contributed by atoms with Gasteiger partial charge in [0.2, 0.25) is 10.0 Å². The first-order chi connectivity index (χ1) is 9.64. The van der Waals surface area contributed by atoms with E-state index in [1.165, 1.54) is 0 Å². The molecule has 0 radical (unpaired) electrons. The van der Waals surface area contributed by atoms with E-state index in [4.69, 9.17) is 5.11 Å². The number of aliphatic hydroxyl groups excluding tert-OH is 1. The maximum Gasteiger partial charge on any atom is 0.244 e. The molecule has 7 heteroatoms. The maximum absolute atomic E-state index is 12.6. The first-order valence-corrected chi connectivity index (χ1v) is 8.82. The second-order valence-corrected chi connectivity index (χ2v) is 7.66. The zero-order valence-electron chi connectivity index (χ0n) is 13.6. The van der Waals surface area contributed by atoms with Crippen molar-refractivity contribution >= 4 is 10.0 Å².